The van der Waals surface area contributed by atoms with Crippen molar-refractivity contribution >= 4 is 11.6 Å². The van der Waals surface area contributed by atoms with Crippen molar-refractivity contribution in [3.05, 3.63) is 34.6 Å². The van der Waals surface area contributed by atoms with E-state index in [9.17, 15) is 4.39 Å². The quantitative estimate of drug-likeness (QED) is 0.773. The summed E-state index contributed by atoms with van der Waals surface area (Å²) in [6.45, 7) is 4.86. The first-order valence-electron chi connectivity index (χ1n) is 6.71. The van der Waals surface area contributed by atoms with E-state index in [2.05, 4.69) is 13.8 Å². The summed E-state index contributed by atoms with van der Waals surface area (Å²) in [5.74, 6) is -0.217. The zero-order chi connectivity index (χ0) is 13.6. The summed E-state index contributed by atoms with van der Waals surface area (Å²) in [5.41, 5.74) is 6.53. The van der Waals surface area contributed by atoms with Crippen LogP contribution in [0.5, 0.6) is 0 Å². The molecular formula is C15H23ClFN. The van der Waals surface area contributed by atoms with Crippen LogP contribution in [-0.2, 0) is 6.42 Å². The van der Waals surface area contributed by atoms with E-state index in [1.54, 1.807) is 12.1 Å². The summed E-state index contributed by atoms with van der Waals surface area (Å²) >= 11 is 6.10. The zero-order valence-electron chi connectivity index (χ0n) is 11.3. The number of hydrogen-bond acceptors (Lipinski definition) is 1. The lowest BCUT2D eigenvalue weighted by atomic mass is 9.75. The smallest absolute Gasteiger partial charge is 0.127 e. The number of unbranched alkanes of at least 4 members (excludes halogenated alkanes) is 1. The van der Waals surface area contributed by atoms with E-state index >= 15 is 0 Å². The molecule has 1 atom stereocenters. The number of benzene rings is 1. The first kappa shape index (κ1) is 15.5. The van der Waals surface area contributed by atoms with Gasteiger partial charge in [-0.05, 0) is 43.4 Å². The highest BCUT2D eigenvalue weighted by Crippen LogP contribution is 2.35. The van der Waals surface area contributed by atoms with Gasteiger partial charge in [0.05, 0.1) is 0 Å². The molecule has 1 aromatic carbocycles. The van der Waals surface area contributed by atoms with Crippen molar-refractivity contribution in [3.8, 4) is 0 Å². The topological polar surface area (TPSA) is 26.0 Å². The predicted octanol–water partition coefficient (Wildman–Crippen LogP) is 4.57. The normalized spacial score (nSPS) is 14.5. The molecule has 0 saturated carbocycles. The number of nitrogens with two attached hydrogens (primary N) is 1. The van der Waals surface area contributed by atoms with Gasteiger partial charge in [-0.2, -0.15) is 0 Å². The SMILES string of the molecule is CCCCC(CC)(CN)Cc1c(F)cccc1Cl. The highest BCUT2D eigenvalue weighted by Gasteiger charge is 2.28. The van der Waals surface area contributed by atoms with Gasteiger partial charge in [0.25, 0.3) is 0 Å². The fourth-order valence-corrected chi connectivity index (χ4v) is 2.57. The van der Waals surface area contributed by atoms with Gasteiger partial charge in [0.2, 0.25) is 0 Å². The minimum absolute atomic E-state index is 0.0259. The third-order valence-corrected chi connectivity index (χ3v) is 4.21. The van der Waals surface area contributed by atoms with Crippen LogP contribution in [0.2, 0.25) is 5.02 Å². The monoisotopic (exact) mass is 271 g/mol. The van der Waals surface area contributed by atoms with Gasteiger partial charge in [-0.25, -0.2) is 4.39 Å². The summed E-state index contributed by atoms with van der Waals surface area (Å²) in [4.78, 5) is 0. The fourth-order valence-electron chi connectivity index (χ4n) is 2.34. The van der Waals surface area contributed by atoms with Crippen LogP contribution >= 0.6 is 11.6 Å². The van der Waals surface area contributed by atoms with Gasteiger partial charge in [0, 0.05) is 10.6 Å². The predicted molar refractivity (Wildman–Crippen MR) is 76.4 cm³/mol. The molecule has 0 aliphatic carbocycles. The summed E-state index contributed by atoms with van der Waals surface area (Å²) in [5, 5.41) is 0.512. The Morgan fingerprint density at radius 1 is 1.33 bits per heavy atom. The van der Waals surface area contributed by atoms with Crippen molar-refractivity contribution in [3.63, 3.8) is 0 Å². The molecule has 0 amide bonds. The fraction of sp³-hybridized carbons (Fsp3) is 0.600. The molecule has 0 aliphatic rings. The van der Waals surface area contributed by atoms with Gasteiger partial charge in [0.1, 0.15) is 5.82 Å². The van der Waals surface area contributed by atoms with Gasteiger partial charge < -0.3 is 5.73 Å². The van der Waals surface area contributed by atoms with Crippen molar-refractivity contribution < 1.29 is 4.39 Å². The second-order valence-corrected chi connectivity index (χ2v) is 5.45. The Morgan fingerprint density at radius 3 is 2.56 bits per heavy atom. The molecule has 0 radical (unpaired) electrons. The Kier molecular flexibility index (Phi) is 6.10. The lowest BCUT2D eigenvalue weighted by Gasteiger charge is -2.32. The number of rotatable bonds is 7. The zero-order valence-corrected chi connectivity index (χ0v) is 12.1. The molecule has 3 heteroatoms. The third kappa shape index (κ3) is 3.69. The third-order valence-electron chi connectivity index (χ3n) is 3.86. The number of halogens is 2. The molecule has 1 nitrogen and oxygen atoms in total. The van der Waals surface area contributed by atoms with Gasteiger partial charge in [0.15, 0.2) is 0 Å². The van der Waals surface area contributed by atoms with Crippen molar-refractivity contribution in [1.29, 1.82) is 0 Å². The molecule has 2 N–H and O–H groups in total. The first-order chi connectivity index (χ1) is 8.58. The highest BCUT2D eigenvalue weighted by molar-refractivity contribution is 6.31. The molecule has 1 unspecified atom stereocenters. The van der Waals surface area contributed by atoms with Crippen LogP contribution in [0.15, 0.2) is 18.2 Å². The van der Waals surface area contributed by atoms with Gasteiger partial charge in [-0.15, -0.1) is 0 Å². The molecule has 0 bridgehead atoms. The summed E-state index contributed by atoms with van der Waals surface area (Å²) < 4.78 is 13.9. The van der Waals surface area contributed by atoms with Crippen LogP contribution in [-0.4, -0.2) is 6.54 Å². The van der Waals surface area contributed by atoms with E-state index < -0.39 is 0 Å². The maximum Gasteiger partial charge on any atom is 0.127 e. The molecule has 0 fully saturated rings. The maximum absolute atomic E-state index is 13.9. The summed E-state index contributed by atoms with van der Waals surface area (Å²) in [6, 6.07) is 4.86. The molecule has 0 aliphatic heterocycles. The van der Waals surface area contributed by atoms with E-state index in [4.69, 9.17) is 17.3 Å². The average molecular weight is 272 g/mol. The minimum Gasteiger partial charge on any atom is -0.330 e. The van der Waals surface area contributed by atoms with E-state index in [0.717, 1.165) is 25.7 Å². The average Bonchev–Trinajstić information content (AvgIpc) is 2.38. The molecule has 1 rings (SSSR count). The molecule has 0 heterocycles. The van der Waals surface area contributed by atoms with Crippen LogP contribution in [0.1, 0.15) is 45.1 Å². The molecule has 0 aromatic heterocycles. The van der Waals surface area contributed by atoms with Crippen molar-refractivity contribution in [2.24, 2.45) is 11.1 Å². The largest absolute Gasteiger partial charge is 0.330 e. The van der Waals surface area contributed by atoms with E-state index in [0.29, 0.717) is 23.6 Å². The second kappa shape index (κ2) is 7.10. The van der Waals surface area contributed by atoms with Crippen molar-refractivity contribution in [2.75, 3.05) is 6.54 Å². The molecule has 102 valence electrons. The lowest BCUT2D eigenvalue weighted by Crippen LogP contribution is -2.32. The Balaban J connectivity index is 2.95. The maximum atomic E-state index is 13.9. The minimum atomic E-state index is -0.217. The first-order valence-corrected chi connectivity index (χ1v) is 7.09. The van der Waals surface area contributed by atoms with Gasteiger partial charge in [-0.1, -0.05) is 44.4 Å². The summed E-state index contributed by atoms with van der Waals surface area (Å²) in [6.07, 6.45) is 4.87. The Labute approximate surface area is 115 Å². The standard InChI is InChI=1S/C15H23ClFN/c1-3-5-9-15(4-2,11-18)10-12-13(16)7-6-8-14(12)17/h6-8H,3-5,9-11,18H2,1-2H3. The molecule has 0 saturated heterocycles. The highest BCUT2D eigenvalue weighted by atomic mass is 35.5. The molecule has 18 heavy (non-hydrogen) atoms. The van der Waals surface area contributed by atoms with Crippen LogP contribution in [0.3, 0.4) is 0 Å². The van der Waals surface area contributed by atoms with Crippen LogP contribution in [0, 0.1) is 11.2 Å². The lowest BCUT2D eigenvalue weighted by molar-refractivity contribution is 0.248. The molecular weight excluding hydrogens is 249 g/mol. The van der Waals surface area contributed by atoms with Crippen LogP contribution in [0.4, 0.5) is 4.39 Å². The molecule has 0 spiro atoms. The van der Waals surface area contributed by atoms with Gasteiger partial charge >= 0.3 is 0 Å². The van der Waals surface area contributed by atoms with Crippen LogP contribution in [0.25, 0.3) is 0 Å². The van der Waals surface area contributed by atoms with E-state index in [1.165, 1.54) is 6.07 Å². The van der Waals surface area contributed by atoms with Crippen molar-refractivity contribution in [1.82, 2.24) is 0 Å². The van der Waals surface area contributed by atoms with Gasteiger partial charge in [-0.3, -0.25) is 0 Å². The Bertz CT molecular complexity index is 355. The summed E-state index contributed by atoms with van der Waals surface area (Å²) in [7, 11) is 0. The Morgan fingerprint density at radius 2 is 2.06 bits per heavy atom. The van der Waals surface area contributed by atoms with E-state index in [1.807, 2.05) is 0 Å². The molecule has 1 aromatic rings. The van der Waals surface area contributed by atoms with Crippen molar-refractivity contribution in [2.45, 2.75) is 46.0 Å². The second-order valence-electron chi connectivity index (χ2n) is 5.04. The number of hydrogen-bond donors (Lipinski definition) is 1. The van der Waals surface area contributed by atoms with Crippen LogP contribution < -0.4 is 5.73 Å². The van der Waals surface area contributed by atoms with E-state index in [-0.39, 0.29) is 11.2 Å². The Hall–Kier alpha value is -0.600.